The van der Waals surface area contributed by atoms with E-state index in [1.165, 1.54) is 0 Å². The van der Waals surface area contributed by atoms with Crippen LogP contribution < -0.4 is 0 Å². The van der Waals surface area contributed by atoms with Crippen LogP contribution in [0.15, 0.2) is 0 Å². The van der Waals surface area contributed by atoms with Gasteiger partial charge in [-0.3, -0.25) is 0 Å². The number of nitrogens with one attached hydrogen (secondary N) is 1. The molecule has 0 bridgehead atoms. The first-order valence-electron chi connectivity index (χ1n) is 1.44. The standard InChI is InChI=1S/C3H8N.H2N.Pt/c1-3(2)4;;/h3-4H,1-2H3;1H2;/q2*-1;+2. The minimum absolute atomic E-state index is 0. The Morgan fingerprint density at radius 3 is 1.33 bits per heavy atom. The van der Waals surface area contributed by atoms with Crippen molar-refractivity contribution in [1.82, 2.24) is 0 Å². The summed E-state index contributed by atoms with van der Waals surface area (Å²) in [5, 5.41) is 0. The third-order valence-electron chi connectivity index (χ3n) is 0. The molecule has 0 fully saturated rings. The van der Waals surface area contributed by atoms with E-state index in [4.69, 9.17) is 5.73 Å². The monoisotopic (exact) mass is 269 g/mol. The van der Waals surface area contributed by atoms with Crippen LogP contribution in [0.5, 0.6) is 0 Å². The molecule has 0 saturated heterocycles. The third kappa shape index (κ3) is 162. The van der Waals surface area contributed by atoms with E-state index in [0.29, 0.717) is 0 Å². The van der Waals surface area contributed by atoms with Crippen molar-refractivity contribution in [2.75, 3.05) is 0 Å². The zero-order valence-electron chi connectivity index (χ0n) is 3.97. The molecule has 0 atom stereocenters. The minimum atomic E-state index is 0. The molecular formula is C3H10N2Pt. The van der Waals surface area contributed by atoms with Gasteiger partial charge in [0.1, 0.15) is 0 Å². The molecule has 3 heteroatoms. The summed E-state index contributed by atoms with van der Waals surface area (Å²) in [4.78, 5) is 0. The van der Waals surface area contributed by atoms with E-state index in [1.807, 2.05) is 13.8 Å². The Kier molecular flexibility index (Phi) is 24.3. The van der Waals surface area contributed by atoms with Gasteiger partial charge in [-0.25, -0.2) is 0 Å². The van der Waals surface area contributed by atoms with Crippen LogP contribution >= 0.6 is 0 Å². The molecule has 0 unspecified atom stereocenters. The summed E-state index contributed by atoms with van der Waals surface area (Å²) in [6, 6.07) is 0.0833. The smallest absolute Gasteiger partial charge is 0.693 e. The van der Waals surface area contributed by atoms with Crippen LogP contribution in [0.3, 0.4) is 0 Å². The summed E-state index contributed by atoms with van der Waals surface area (Å²) in [7, 11) is 0. The van der Waals surface area contributed by atoms with Gasteiger partial charge in [-0.1, -0.05) is 13.8 Å². The van der Waals surface area contributed by atoms with Gasteiger partial charge in [0.15, 0.2) is 0 Å². The Morgan fingerprint density at radius 2 is 1.33 bits per heavy atom. The molecule has 2 nitrogen and oxygen atoms in total. The maximum atomic E-state index is 6.58. The fraction of sp³-hybridized carbons (Fsp3) is 1.00. The van der Waals surface area contributed by atoms with Gasteiger partial charge in [-0.15, -0.1) is 6.04 Å². The molecule has 0 aromatic rings. The van der Waals surface area contributed by atoms with Crippen molar-refractivity contribution in [3.8, 4) is 0 Å². The predicted molar refractivity (Wildman–Crippen MR) is 24.7 cm³/mol. The normalized spacial score (nSPS) is 6.00. The minimum Gasteiger partial charge on any atom is -0.693 e. The Balaban J connectivity index is -0.0000000450. The summed E-state index contributed by atoms with van der Waals surface area (Å²) in [6.07, 6.45) is 0. The second-order valence-corrected chi connectivity index (χ2v) is 1.15. The Hall–Kier alpha value is 0.608. The van der Waals surface area contributed by atoms with Crippen molar-refractivity contribution >= 4 is 0 Å². The van der Waals surface area contributed by atoms with E-state index in [9.17, 15) is 0 Å². The first kappa shape index (κ1) is 16.0. The Morgan fingerprint density at radius 1 is 1.33 bits per heavy atom. The summed E-state index contributed by atoms with van der Waals surface area (Å²) in [5.74, 6) is 0. The predicted octanol–water partition coefficient (Wildman–Crippen LogP) is 2.16. The van der Waals surface area contributed by atoms with Crippen molar-refractivity contribution in [3.05, 3.63) is 11.9 Å². The SMILES string of the molecule is CC(C)[NH-].[NH2-].[Pt+2]. The molecule has 0 amide bonds. The molecule has 0 aromatic heterocycles. The van der Waals surface area contributed by atoms with Crippen LogP contribution in [0.1, 0.15) is 13.8 Å². The van der Waals surface area contributed by atoms with Gasteiger partial charge >= 0.3 is 21.1 Å². The molecule has 42 valence electrons. The van der Waals surface area contributed by atoms with Gasteiger partial charge in [0.25, 0.3) is 0 Å². The Labute approximate surface area is 53.3 Å². The molecule has 3 N–H and O–H groups in total. The van der Waals surface area contributed by atoms with Crippen molar-refractivity contribution in [3.63, 3.8) is 0 Å². The van der Waals surface area contributed by atoms with Gasteiger partial charge < -0.3 is 11.9 Å². The molecule has 0 rings (SSSR count). The van der Waals surface area contributed by atoms with Gasteiger partial charge in [-0.2, -0.15) is 0 Å². The van der Waals surface area contributed by atoms with E-state index in [-0.39, 0.29) is 33.3 Å². The van der Waals surface area contributed by atoms with Crippen molar-refractivity contribution in [1.29, 1.82) is 0 Å². The average molecular weight is 269 g/mol. The van der Waals surface area contributed by atoms with Crippen molar-refractivity contribution in [2.24, 2.45) is 0 Å². The molecule has 0 aliphatic rings. The zero-order valence-corrected chi connectivity index (χ0v) is 6.24. The van der Waals surface area contributed by atoms with Crippen LogP contribution in [-0.4, -0.2) is 6.04 Å². The van der Waals surface area contributed by atoms with Crippen LogP contribution in [-0.2, 0) is 21.1 Å². The van der Waals surface area contributed by atoms with Crippen LogP contribution in [0, 0.1) is 0 Å². The third-order valence-corrected chi connectivity index (χ3v) is 0. The topological polar surface area (TPSA) is 57.3 Å². The molecule has 0 aliphatic heterocycles. The quantitative estimate of drug-likeness (QED) is 0.647. The summed E-state index contributed by atoms with van der Waals surface area (Å²) >= 11 is 0. The van der Waals surface area contributed by atoms with Crippen molar-refractivity contribution < 1.29 is 21.1 Å². The summed E-state index contributed by atoms with van der Waals surface area (Å²) in [6.45, 7) is 3.67. The fourth-order valence-corrected chi connectivity index (χ4v) is 0. The number of nitrogens with two attached hydrogens (primary N) is 1. The number of rotatable bonds is 0. The first-order valence-corrected chi connectivity index (χ1v) is 1.44. The van der Waals surface area contributed by atoms with Crippen LogP contribution in [0.2, 0.25) is 0 Å². The van der Waals surface area contributed by atoms with E-state index in [0.717, 1.165) is 0 Å². The van der Waals surface area contributed by atoms with Crippen LogP contribution in [0.4, 0.5) is 0 Å². The molecule has 0 aromatic carbocycles. The maximum Gasteiger partial charge on any atom is 2.00 e. The second kappa shape index (κ2) is 9.15. The second-order valence-electron chi connectivity index (χ2n) is 1.15. The van der Waals surface area contributed by atoms with E-state index < -0.39 is 0 Å². The van der Waals surface area contributed by atoms with Crippen LogP contribution in [0.25, 0.3) is 11.9 Å². The zero-order chi connectivity index (χ0) is 3.58. The van der Waals surface area contributed by atoms with Gasteiger partial charge in [0.05, 0.1) is 0 Å². The molecule has 0 radical (unpaired) electrons. The van der Waals surface area contributed by atoms with Gasteiger partial charge in [-0.05, 0) is 0 Å². The molecule has 0 aliphatic carbocycles. The summed E-state index contributed by atoms with van der Waals surface area (Å²) in [5.41, 5.74) is 6.58. The molecule has 6 heavy (non-hydrogen) atoms. The number of hydrogen-bond acceptors (Lipinski definition) is 0. The van der Waals surface area contributed by atoms with E-state index in [1.54, 1.807) is 0 Å². The van der Waals surface area contributed by atoms with E-state index >= 15 is 0 Å². The van der Waals surface area contributed by atoms with Gasteiger partial charge in [0, 0.05) is 0 Å². The van der Waals surface area contributed by atoms with E-state index in [2.05, 4.69) is 0 Å². The molecule has 0 heterocycles. The largest absolute Gasteiger partial charge is 2.00 e. The average Bonchev–Trinajstić information content (AvgIpc) is 0.811. The Bertz CT molecular complexity index is 13.5. The van der Waals surface area contributed by atoms with Crippen molar-refractivity contribution in [2.45, 2.75) is 19.9 Å². The first-order chi connectivity index (χ1) is 1.73. The molecular weight excluding hydrogens is 259 g/mol. The van der Waals surface area contributed by atoms with Gasteiger partial charge in [0.2, 0.25) is 0 Å². The maximum absolute atomic E-state index is 6.58. The molecule has 0 spiro atoms. The molecule has 0 saturated carbocycles. The summed E-state index contributed by atoms with van der Waals surface area (Å²) < 4.78 is 0. The number of hydrogen-bond donors (Lipinski definition) is 0. The fourth-order valence-electron chi connectivity index (χ4n) is 0.